The zero-order valence-corrected chi connectivity index (χ0v) is 25.8. The predicted molar refractivity (Wildman–Crippen MR) is 165 cm³/mol. The smallest absolute Gasteiger partial charge is 0.246 e. The number of oxazole rings is 1. The van der Waals surface area contributed by atoms with Crippen LogP contribution in [0.1, 0.15) is 37.1 Å². The van der Waals surface area contributed by atoms with Crippen LogP contribution in [0, 0.1) is 0 Å². The fourth-order valence-electron chi connectivity index (χ4n) is 5.95. The lowest BCUT2D eigenvalue weighted by molar-refractivity contribution is -0.150. The third-order valence-electron chi connectivity index (χ3n) is 8.46. The van der Waals surface area contributed by atoms with Gasteiger partial charge in [0.05, 0.1) is 32.7 Å². The number of para-hydroxylation sites is 2. The number of carbonyl (C=O) groups excluding carboxylic acids is 3. The summed E-state index contributed by atoms with van der Waals surface area (Å²) in [6, 6.07) is 18.4. The Labute approximate surface area is 264 Å². The Bertz CT molecular complexity index is 1810. The molecule has 1 aliphatic carbocycles. The third kappa shape index (κ3) is 5.67. The monoisotopic (exact) mass is 653 g/mol. The molecule has 228 valence electrons. The number of benzene rings is 3. The normalized spacial score (nSPS) is 19.9. The molecule has 1 N–H and O–H groups in total. The number of aromatic nitrogens is 1. The number of hydrogen-bond donors (Lipinski definition) is 1. The number of hydrogen-bond acceptors (Lipinski definition) is 8. The van der Waals surface area contributed by atoms with Crippen molar-refractivity contribution in [2.45, 2.75) is 59.7 Å². The van der Waals surface area contributed by atoms with Crippen LogP contribution in [-0.4, -0.2) is 60.3 Å². The average Bonchev–Trinajstić information content (AvgIpc) is 3.46. The van der Waals surface area contributed by atoms with Crippen LogP contribution in [0.2, 0.25) is 10.0 Å². The van der Waals surface area contributed by atoms with Crippen molar-refractivity contribution in [3.05, 3.63) is 94.3 Å². The molecule has 0 bridgehead atoms. The predicted octanol–water partition coefficient (Wildman–Crippen LogP) is 4.93. The molecule has 1 saturated heterocycles. The summed E-state index contributed by atoms with van der Waals surface area (Å²) in [5.41, 5.74) is 0.905. The first-order chi connectivity index (χ1) is 21.1. The first-order valence-electron chi connectivity index (χ1n) is 14.3. The maximum absolute atomic E-state index is 14.5. The highest BCUT2D eigenvalue weighted by Gasteiger charge is 2.56. The van der Waals surface area contributed by atoms with Gasteiger partial charge in [0.25, 0.3) is 0 Å². The number of carbonyl (C=O) groups is 3. The van der Waals surface area contributed by atoms with E-state index in [1.54, 1.807) is 54.6 Å². The van der Waals surface area contributed by atoms with Crippen LogP contribution >= 0.6 is 23.2 Å². The number of imide groups is 1. The van der Waals surface area contributed by atoms with Crippen molar-refractivity contribution in [3.63, 3.8) is 0 Å². The summed E-state index contributed by atoms with van der Waals surface area (Å²) < 4.78 is 32.9. The number of nitrogens with one attached hydrogen (secondary N) is 1. The minimum Gasteiger partial charge on any atom is -0.441 e. The highest BCUT2D eigenvalue weighted by Crippen LogP contribution is 2.50. The van der Waals surface area contributed by atoms with Gasteiger partial charge in [0, 0.05) is 24.4 Å². The Morgan fingerprint density at radius 3 is 2.43 bits per heavy atom. The summed E-state index contributed by atoms with van der Waals surface area (Å²) in [5.74, 6) is -0.777. The molecule has 3 aromatic carbocycles. The average molecular weight is 655 g/mol. The van der Waals surface area contributed by atoms with Gasteiger partial charge >= 0.3 is 0 Å². The molecule has 1 saturated carbocycles. The minimum atomic E-state index is -3.88. The molecule has 2 aliphatic rings. The number of nitrogens with zero attached hydrogens (tertiary/aromatic N) is 2. The van der Waals surface area contributed by atoms with Gasteiger partial charge in [-0.05, 0) is 61.2 Å². The van der Waals surface area contributed by atoms with E-state index < -0.39 is 44.4 Å². The molecule has 0 radical (unpaired) electrons. The fourth-order valence-corrected chi connectivity index (χ4v) is 8.26. The second kappa shape index (κ2) is 12.1. The lowest BCUT2D eigenvalue weighted by Crippen LogP contribution is -2.55. The maximum atomic E-state index is 14.5. The van der Waals surface area contributed by atoms with Crippen molar-refractivity contribution < 1.29 is 27.2 Å². The van der Waals surface area contributed by atoms with Crippen molar-refractivity contribution in [2.24, 2.45) is 0 Å². The van der Waals surface area contributed by atoms with E-state index in [0.717, 1.165) is 10.5 Å². The van der Waals surface area contributed by atoms with Gasteiger partial charge < -0.3 is 14.5 Å². The van der Waals surface area contributed by atoms with E-state index in [9.17, 15) is 22.8 Å². The van der Waals surface area contributed by atoms with Crippen LogP contribution in [0.5, 0.6) is 0 Å². The number of amides is 2. The lowest BCUT2D eigenvalue weighted by atomic mass is 9.92. The number of sulfone groups is 1. The summed E-state index contributed by atoms with van der Waals surface area (Å²) in [5, 5.41) is 2.70. The summed E-state index contributed by atoms with van der Waals surface area (Å²) in [6.45, 7) is -0.00219. The van der Waals surface area contributed by atoms with Crippen LogP contribution in [0.3, 0.4) is 0 Å². The van der Waals surface area contributed by atoms with Gasteiger partial charge in [-0.15, -0.1) is 0 Å². The van der Waals surface area contributed by atoms with Gasteiger partial charge in [0.2, 0.25) is 11.8 Å². The molecule has 12 heteroatoms. The molecular weight excluding hydrogens is 625 g/mol. The van der Waals surface area contributed by atoms with E-state index in [4.69, 9.17) is 27.6 Å². The Kier molecular flexibility index (Phi) is 8.36. The van der Waals surface area contributed by atoms with Crippen molar-refractivity contribution >= 4 is 62.2 Å². The first kappa shape index (κ1) is 30.5. The van der Waals surface area contributed by atoms with E-state index in [-0.39, 0.29) is 41.6 Å². The summed E-state index contributed by atoms with van der Waals surface area (Å²) in [6.07, 6.45) is 1.47. The topological polar surface area (TPSA) is 127 Å². The summed E-state index contributed by atoms with van der Waals surface area (Å²) in [7, 11) is -3.88. The Balaban J connectivity index is 1.34. The lowest BCUT2D eigenvalue weighted by Gasteiger charge is -2.34. The first-order valence-corrected chi connectivity index (χ1v) is 16.6. The van der Waals surface area contributed by atoms with Crippen LogP contribution in [0.4, 0.5) is 0 Å². The number of aldehydes is 1. The molecule has 6 rings (SSSR count). The highest BCUT2D eigenvalue weighted by atomic mass is 35.5. The van der Waals surface area contributed by atoms with Crippen molar-refractivity contribution in [1.29, 1.82) is 0 Å². The van der Waals surface area contributed by atoms with E-state index in [1.165, 1.54) is 12.1 Å². The number of fused-ring (bicyclic) bond motifs is 1. The molecule has 2 amide bonds. The van der Waals surface area contributed by atoms with Crippen molar-refractivity contribution in [1.82, 2.24) is 15.2 Å². The molecule has 0 unspecified atom stereocenters. The Hall–Kier alpha value is -3.57. The minimum absolute atomic E-state index is 0.00219. The maximum Gasteiger partial charge on any atom is 0.246 e. The van der Waals surface area contributed by atoms with Crippen LogP contribution in [-0.2, 0) is 36.1 Å². The van der Waals surface area contributed by atoms with Gasteiger partial charge in [-0.3, -0.25) is 14.5 Å². The standard InChI is InChI=1S/C32H29Cl2N3O6S/c33-21-11-9-20(10-12-21)32(14-15-32)31(40)37(22(13-16-38)17-29-36-25-6-2-3-7-27(25)43-29)30(39)26-18-23(19-35-26)44(41,42)28-8-4-1-5-24(28)34/h1-12,16,22-23,26,35H,13-15,17-19H2/t22-,23-,26+/m1/s1. The quantitative estimate of drug-likeness (QED) is 0.189. The zero-order valence-electron chi connectivity index (χ0n) is 23.5. The van der Waals surface area contributed by atoms with Gasteiger partial charge in [-0.1, -0.05) is 59.6 Å². The van der Waals surface area contributed by atoms with Gasteiger partial charge in [0.15, 0.2) is 21.3 Å². The Morgan fingerprint density at radius 1 is 1.05 bits per heavy atom. The fraction of sp³-hybridized carbons (Fsp3) is 0.312. The summed E-state index contributed by atoms with van der Waals surface area (Å²) in [4.78, 5) is 46.4. The van der Waals surface area contributed by atoms with Crippen LogP contribution in [0.15, 0.2) is 82.1 Å². The van der Waals surface area contributed by atoms with E-state index in [0.29, 0.717) is 35.3 Å². The molecule has 9 nitrogen and oxygen atoms in total. The molecule has 4 aromatic rings. The third-order valence-corrected chi connectivity index (χ3v) is 11.4. The molecule has 0 spiro atoms. The zero-order chi connectivity index (χ0) is 31.1. The van der Waals surface area contributed by atoms with Gasteiger partial charge in [0.1, 0.15) is 11.8 Å². The molecular formula is C32H29Cl2N3O6S. The number of rotatable bonds is 10. The van der Waals surface area contributed by atoms with Gasteiger partial charge in [-0.2, -0.15) is 0 Å². The molecule has 3 atom stereocenters. The highest BCUT2D eigenvalue weighted by molar-refractivity contribution is 7.92. The molecule has 44 heavy (non-hydrogen) atoms. The van der Waals surface area contributed by atoms with E-state index in [2.05, 4.69) is 10.3 Å². The second-order valence-corrected chi connectivity index (χ2v) is 14.3. The molecule has 1 aliphatic heterocycles. The number of halogens is 2. The largest absolute Gasteiger partial charge is 0.441 e. The van der Waals surface area contributed by atoms with Gasteiger partial charge in [-0.25, -0.2) is 13.4 Å². The molecule has 2 fully saturated rings. The molecule has 2 heterocycles. The molecule has 1 aromatic heterocycles. The van der Waals surface area contributed by atoms with Crippen molar-refractivity contribution in [2.75, 3.05) is 6.54 Å². The second-order valence-electron chi connectivity index (χ2n) is 11.2. The SMILES string of the molecule is O=CC[C@H](Cc1nc2ccccc2o1)N(C(=O)[C@@H]1C[C@@H](S(=O)(=O)c2ccccc2Cl)CN1)C(=O)C1(c2ccc(Cl)cc2)CC1. The Morgan fingerprint density at radius 2 is 1.75 bits per heavy atom. The van der Waals surface area contributed by atoms with Crippen LogP contribution < -0.4 is 5.32 Å². The van der Waals surface area contributed by atoms with Crippen LogP contribution in [0.25, 0.3) is 11.1 Å². The van der Waals surface area contributed by atoms with E-state index in [1.807, 2.05) is 6.07 Å². The van der Waals surface area contributed by atoms with Crippen molar-refractivity contribution in [3.8, 4) is 0 Å². The van der Waals surface area contributed by atoms with E-state index >= 15 is 0 Å². The summed E-state index contributed by atoms with van der Waals surface area (Å²) >= 11 is 12.3.